The maximum atomic E-state index is 12.7. The van der Waals surface area contributed by atoms with Crippen molar-refractivity contribution in [2.75, 3.05) is 33.0 Å². The lowest BCUT2D eigenvalue weighted by Gasteiger charge is -2.32. The number of amides is 2. The molecule has 1 aromatic rings. The van der Waals surface area contributed by atoms with Crippen molar-refractivity contribution < 1.29 is 27.5 Å². The zero-order valence-corrected chi connectivity index (χ0v) is 15.5. The van der Waals surface area contributed by atoms with E-state index in [9.17, 15) is 22.8 Å². The average Bonchev–Trinajstić information content (AvgIpc) is 2.66. The lowest BCUT2D eigenvalue weighted by molar-refractivity contribution is -0.118. The van der Waals surface area contributed by atoms with Crippen LogP contribution in [0.5, 0.6) is 0 Å². The first-order valence-corrected chi connectivity index (χ1v) is 9.90. The van der Waals surface area contributed by atoms with Crippen LogP contribution in [0.1, 0.15) is 33.6 Å². The summed E-state index contributed by atoms with van der Waals surface area (Å²) in [5.74, 6) is -2.03. The van der Waals surface area contributed by atoms with Gasteiger partial charge in [-0.3, -0.25) is 9.59 Å². The van der Waals surface area contributed by atoms with Gasteiger partial charge in [-0.15, -0.1) is 0 Å². The maximum Gasteiger partial charge on any atom is 0.338 e. The SMILES string of the molecule is CNC(=O)CS(=O)(=O)C1CCN(C(=O)c2ccccc2C(=O)OC)CC1. The topological polar surface area (TPSA) is 110 Å². The van der Waals surface area contributed by atoms with Crippen molar-refractivity contribution in [3.05, 3.63) is 35.4 Å². The van der Waals surface area contributed by atoms with Gasteiger partial charge < -0.3 is 15.0 Å². The second kappa shape index (κ2) is 8.31. The summed E-state index contributed by atoms with van der Waals surface area (Å²) in [7, 11) is -0.929. The molecule has 0 atom stereocenters. The number of hydrogen-bond donors (Lipinski definition) is 1. The lowest BCUT2D eigenvalue weighted by Crippen LogP contribution is -2.44. The minimum atomic E-state index is -3.56. The van der Waals surface area contributed by atoms with Gasteiger partial charge in [-0.25, -0.2) is 13.2 Å². The van der Waals surface area contributed by atoms with Crippen molar-refractivity contribution in [2.45, 2.75) is 18.1 Å². The number of ether oxygens (including phenoxy) is 1. The summed E-state index contributed by atoms with van der Waals surface area (Å²) in [5, 5.41) is 1.65. The Balaban J connectivity index is 2.08. The highest BCUT2D eigenvalue weighted by atomic mass is 32.2. The molecule has 0 aliphatic carbocycles. The fraction of sp³-hybridized carbons (Fsp3) is 0.471. The van der Waals surface area contributed by atoms with Crippen molar-refractivity contribution >= 4 is 27.6 Å². The van der Waals surface area contributed by atoms with Crippen LogP contribution >= 0.6 is 0 Å². The predicted molar refractivity (Wildman–Crippen MR) is 94.6 cm³/mol. The zero-order valence-electron chi connectivity index (χ0n) is 14.7. The molecule has 2 rings (SSSR count). The summed E-state index contributed by atoms with van der Waals surface area (Å²) in [4.78, 5) is 37.4. The number of esters is 1. The summed E-state index contributed by atoms with van der Waals surface area (Å²) >= 11 is 0. The molecule has 1 N–H and O–H groups in total. The molecule has 1 heterocycles. The van der Waals surface area contributed by atoms with E-state index in [4.69, 9.17) is 4.74 Å². The van der Waals surface area contributed by atoms with E-state index in [1.807, 2.05) is 0 Å². The molecule has 0 saturated carbocycles. The van der Waals surface area contributed by atoms with Crippen LogP contribution in [0.3, 0.4) is 0 Å². The van der Waals surface area contributed by atoms with Crippen molar-refractivity contribution in [1.29, 1.82) is 0 Å². The van der Waals surface area contributed by atoms with Crippen LogP contribution in [0.4, 0.5) is 0 Å². The Morgan fingerprint density at radius 1 is 1.15 bits per heavy atom. The number of piperidine rings is 1. The van der Waals surface area contributed by atoms with E-state index in [0.717, 1.165) is 0 Å². The Hall–Kier alpha value is -2.42. The van der Waals surface area contributed by atoms with E-state index < -0.39 is 32.7 Å². The van der Waals surface area contributed by atoms with Gasteiger partial charge >= 0.3 is 5.97 Å². The molecule has 0 bridgehead atoms. The van der Waals surface area contributed by atoms with Crippen LogP contribution in [-0.4, -0.2) is 69.4 Å². The predicted octanol–water partition coefficient (Wildman–Crippen LogP) is 0.239. The Labute approximate surface area is 152 Å². The van der Waals surface area contributed by atoms with Gasteiger partial charge in [0.1, 0.15) is 5.75 Å². The number of sulfone groups is 1. The first-order valence-electron chi connectivity index (χ1n) is 8.19. The minimum absolute atomic E-state index is 0.175. The Morgan fingerprint density at radius 3 is 2.27 bits per heavy atom. The van der Waals surface area contributed by atoms with Gasteiger partial charge in [0.05, 0.1) is 23.5 Å². The second-order valence-electron chi connectivity index (χ2n) is 6.01. The minimum Gasteiger partial charge on any atom is -0.465 e. The molecule has 1 aliphatic rings. The van der Waals surface area contributed by atoms with E-state index in [2.05, 4.69) is 5.32 Å². The third-order valence-electron chi connectivity index (χ3n) is 4.41. The summed E-state index contributed by atoms with van der Waals surface area (Å²) in [6.45, 7) is 0.484. The summed E-state index contributed by atoms with van der Waals surface area (Å²) in [6.07, 6.45) is 0.511. The highest BCUT2D eigenvalue weighted by Crippen LogP contribution is 2.21. The van der Waals surface area contributed by atoms with Gasteiger partial charge in [-0.1, -0.05) is 12.1 Å². The number of hydrogen-bond acceptors (Lipinski definition) is 6. The molecule has 0 unspecified atom stereocenters. The number of nitrogens with zero attached hydrogens (tertiary/aromatic N) is 1. The van der Waals surface area contributed by atoms with Gasteiger partial charge in [-0.05, 0) is 25.0 Å². The van der Waals surface area contributed by atoms with Crippen LogP contribution in [0.25, 0.3) is 0 Å². The highest BCUT2D eigenvalue weighted by Gasteiger charge is 2.33. The number of likely N-dealkylation sites (tertiary alicyclic amines) is 1. The van der Waals surface area contributed by atoms with Gasteiger partial charge in [0.2, 0.25) is 5.91 Å². The van der Waals surface area contributed by atoms with Crippen LogP contribution < -0.4 is 5.32 Å². The fourth-order valence-corrected chi connectivity index (χ4v) is 4.59. The maximum absolute atomic E-state index is 12.7. The van der Waals surface area contributed by atoms with E-state index >= 15 is 0 Å². The Kier molecular flexibility index (Phi) is 6.36. The van der Waals surface area contributed by atoms with Crippen LogP contribution in [0, 0.1) is 0 Å². The largest absolute Gasteiger partial charge is 0.465 e. The van der Waals surface area contributed by atoms with Crippen LogP contribution in [0.15, 0.2) is 24.3 Å². The average molecular weight is 382 g/mol. The van der Waals surface area contributed by atoms with Crippen LogP contribution in [0.2, 0.25) is 0 Å². The number of rotatable bonds is 5. The molecule has 8 nitrogen and oxygen atoms in total. The van der Waals surface area contributed by atoms with Gasteiger partial charge in [0.25, 0.3) is 5.91 Å². The van der Waals surface area contributed by atoms with E-state index in [1.54, 1.807) is 18.2 Å². The molecule has 1 fully saturated rings. The molecule has 142 valence electrons. The Bertz CT molecular complexity index is 797. The smallest absolute Gasteiger partial charge is 0.338 e. The van der Waals surface area contributed by atoms with Gasteiger partial charge in [0, 0.05) is 20.1 Å². The molecule has 26 heavy (non-hydrogen) atoms. The van der Waals surface area contributed by atoms with Crippen molar-refractivity contribution in [3.8, 4) is 0 Å². The molecule has 0 spiro atoms. The normalized spacial score (nSPS) is 15.4. The molecule has 1 aliphatic heterocycles. The van der Waals surface area contributed by atoms with E-state index in [0.29, 0.717) is 0 Å². The highest BCUT2D eigenvalue weighted by molar-refractivity contribution is 7.92. The summed E-state index contributed by atoms with van der Waals surface area (Å²) in [5.41, 5.74) is 0.403. The van der Waals surface area contributed by atoms with Crippen molar-refractivity contribution in [3.63, 3.8) is 0 Å². The first kappa shape index (κ1) is 19.9. The monoisotopic (exact) mass is 382 g/mol. The Morgan fingerprint density at radius 2 is 1.73 bits per heavy atom. The second-order valence-corrected chi connectivity index (χ2v) is 8.29. The molecule has 0 aromatic heterocycles. The molecule has 2 amide bonds. The number of carbonyl (C=O) groups excluding carboxylic acids is 3. The fourth-order valence-electron chi connectivity index (χ4n) is 2.92. The molecular weight excluding hydrogens is 360 g/mol. The third-order valence-corrected chi connectivity index (χ3v) is 6.56. The molecule has 1 aromatic carbocycles. The number of carbonyl (C=O) groups is 3. The number of benzene rings is 1. The van der Waals surface area contributed by atoms with E-state index in [-0.39, 0.29) is 43.0 Å². The summed E-state index contributed by atoms with van der Waals surface area (Å²) < 4.78 is 29.2. The number of nitrogens with one attached hydrogen (secondary N) is 1. The molecular formula is C17H22N2O6S. The molecule has 0 radical (unpaired) electrons. The first-order chi connectivity index (χ1) is 12.3. The molecule has 9 heteroatoms. The number of methoxy groups -OCH3 is 1. The third kappa shape index (κ3) is 4.40. The van der Waals surface area contributed by atoms with E-state index in [1.165, 1.54) is 25.1 Å². The van der Waals surface area contributed by atoms with Crippen LogP contribution in [-0.2, 0) is 19.4 Å². The standard InChI is InChI=1S/C17H22N2O6S/c1-18-15(20)11-26(23,24)12-7-9-19(10-8-12)16(21)13-5-3-4-6-14(13)17(22)25-2/h3-6,12H,7-11H2,1-2H3,(H,18,20). The summed E-state index contributed by atoms with van der Waals surface area (Å²) in [6, 6.07) is 6.35. The molecule has 1 saturated heterocycles. The van der Waals surface area contributed by atoms with Gasteiger partial charge in [0.15, 0.2) is 9.84 Å². The van der Waals surface area contributed by atoms with Crippen molar-refractivity contribution in [2.24, 2.45) is 0 Å². The lowest BCUT2D eigenvalue weighted by atomic mass is 10.0. The van der Waals surface area contributed by atoms with Crippen molar-refractivity contribution in [1.82, 2.24) is 10.2 Å². The quantitative estimate of drug-likeness (QED) is 0.731. The zero-order chi connectivity index (χ0) is 19.3. The van der Waals surface area contributed by atoms with Gasteiger partial charge in [-0.2, -0.15) is 0 Å².